The Balaban J connectivity index is 1.93. The molecule has 140 valence electrons. The van der Waals surface area contributed by atoms with Gasteiger partial charge in [0.05, 0.1) is 0 Å². The molecule has 0 aromatic heterocycles. The van der Waals surface area contributed by atoms with E-state index in [-0.39, 0.29) is 0 Å². The second-order valence-corrected chi connectivity index (χ2v) is 9.07. The van der Waals surface area contributed by atoms with Crippen LogP contribution in [0.5, 0.6) is 0 Å². The van der Waals surface area contributed by atoms with Crippen molar-refractivity contribution in [1.82, 2.24) is 0 Å². The highest BCUT2D eigenvalue weighted by Crippen LogP contribution is 2.29. The van der Waals surface area contributed by atoms with Gasteiger partial charge in [-0.1, -0.05) is 30.3 Å². The molecule has 1 N–H and O–H groups in total. The molecular weight excluding hydrogens is 372 g/mol. The lowest BCUT2D eigenvalue weighted by atomic mass is 10.1. The quantitative estimate of drug-likeness (QED) is 0.677. The van der Waals surface area contributed by atoms with Gasteiger partial charge in [0.2, 0.25) is 5.91 Å². The molecule has 0 saturated carbocycles. The molecule has 4 nitrogen and oxygen atoms in total. The lowest BCUT2D eigenvalue weighted by Gasteiger charge is -2.24. The van der Waals surface area contributed by atoms with E-state index < -0.39 is 37.0 Å². The minimum atomic E-state index is -4.40. The van der Waals surface area contributed by atoms with E-state index in [1.807, 2.05) is 24.3 Å². The van der Waals surface area contributed by atoms with E-state index in [1.54, 1.807) is 18.2 Å². The molecule has 1 amide bonds. The molecule has 0 unspecified atom stereocenters. The zero-order chi connectivity index (χ0) is 19.8. The van der Waals surface area contributed by atoms with Crippen LogP contribution in [0.2, 0.25) is 0 Å². The Morgan fingerprint density at radius 3 is 2.26 bits per heavy atom. The van der Waals surface area contributed by atoms with Crippen molar-refractivity contribution >= 4 is 32.2 Å². The van der Waals surface area contributed by atoms with E-state index in [9.17, 15) is 22.0 Å². The molecule has 0 radical (unpaired) electrons. The largest absolute Gasteiger partial charge is 0.325 e. The van der Waals surface area contributed by atoms with Crippen LogP contribution in [0, 0.1) is 11.6 Å². The second kappa shape index (κ2) is 6.74. The van der Waals surface area contributed by atoms with Gasteiger partial charge in [0.1, 0.15) is 21.3 Å². The molecule has 0 heterocycles. The van der Waals surface area contributed by atoms with Crippen molar-refractivity contribution in [3.05, 3.63) is 72.3 Å². The number of carbonyl (C=O) groups excluding carboxylic acids is 1. The summed E-state index contributed by atoms with van der Waals surface area (Å²) in [6.45, 7) is 2.36. The predicted octanol–water partition coefficient (Wildman–Crippen LogP) is 4.31. The Labute approximate surface area is 155 Å². The number of carbonyl (C=O) groups is 1. The summed E-state index contributed by atoms with van der Waals surface area (Å²) in [6.07, 6.45) is 0. The van der Waals surface area contributed by atoms with Crippen molar-refractivity contribution in [3.8, 4) is 0 Å². The average Bonchev–Trinajstić information content (AvgIpc) is 2.61. The van der Waals surface area contributed by atoms with Crippen LogP contribution in [0.1, 0.15) is 13.8 Å². The van der Waals surface area contributed by atoms with Crippen LogP contribution >= 0.6 is 0 Å². The summed E-state index contributed by atoms with van der Waals surface area (Å²) in [7, 11) is -4.40. The van der Waals surface area contributed by atoms with Gasteiger partial charge in [0.25, 0.3) is 0 Å². The number of rotatable bonds is 4. The van der Waals surface area contributed by atoms with Crippen molar-refractivity contribution in [3.63, 3.8) is 0 Å². The van der Waals surface area contributed by atoms with Gasteiger partial charge in [-0.15, -0.1) is 0 Å². The fourth-order valence-corrected chi connectivity index (χ4v) is 4.05. The van der Waals surface area contributed by atoms with Crippen molar-refractivity contribution in [2.45, 2.75) is 23.5 Å². The number of amides is 1. The number of anilines is 1. The van der Waals surface area contributed by atoms with E-state index in [0.717, 1.165) is 22.9 Å². The average molecular weight is 389 g/mol. The zero-order valence-electron chi connectivity index (χ0n) is 14.7. The fourth-order valence-electron chi connectivity index (χ4n) is 2.64. The lowest BCUT2D eigenvalue weighted by molar-refractivity contribution is -0.117. The fraction of sp³-hybridized carbons (Fsp3) is 0.150. The van der Waals surface area contributed by atoms with Gasteiger partial charge in [-0.2, -0.15) is 0 Å². The Hall–Kier alpha value is -2.80. The molecule has 0 aliphatic heterocycles. The zero-order valence-corrected chi connectivity index (χ0v) is 15.5. The van der Waals surface area contributed by atoms with Crippen molar-refractivity contribution < 1.29 is 22.0 Å². The highest BCUT2D eigenvalue weighted by atomic mass is 32.2. The SMILES string of the molecule is CC(C)(C(=O)Nc1ccc2ccccc2c1)S(=O)(=O)c1ccc(F)cc1F. The lowest BCUT2D eigenvalue weighted by Crippen LogP contribution is -2.44. The Morgan fingerprint density at radius 1 is 0.926 bits per heavy atom. The van der Waals surface area contributed by atoms with Crippen molar-refractivity contribution in [2.75, 3.05) is 5.32 Å². The first-order valence-electron chi connectivity index (χ1n) is 8.13. The Kier molecular flexibility index (Phi) is 4.73. The maximum Gasteiger partial charge on any atom is 0.245 e. The normalized spacial score (nSPS) is 12.1. The van der Waals surface area contributed by atoms with Gasteiger partial charge >= 0.3 is 0 Å². The molecule has 0 bridgehead atoms. The van der Waals surface area contributed by atoms with Crippen LogP contribution < -0.4 is 5.32 Å². The molecule has 3 aromatic carbocycles. The van der Waals surface area contributed by atoms with Crippen LogP contribution in [0.4, 0.5) is 14.5 Å². The van der Waals surface area contributed by atoms with Crippen LogP contribution in [0.15, 0.2) is 65.6 Å². The Bertz CT molecular complexity index is 1140. The third-order valence-corrected chi connectivity index (χ3v) is 6.85. The molecule has 0 atom stereocenters. The molecule has 0 saturated heterocycles. The van der Waals surface area contributed by atoms with Gasteiger partial charge in [-0.25, -0.2) is 17.2 Å². The minimum Gasteiger partial charge on any atom is -0.325 e. The topological polar surface area (TPSA) is 63.2 Å². The van der Waals surface area contributed by atoms with E-state index in [0.29, 0.717) is 11.8 Å². The predicted molar refractivity (Wildman–Crippen MR) is 100 cm³/mol. The standard InChI is InChI=1S/C20H17F2NO3S/c1-20(2,27(25,26)18-10-8-15(21)12-17(18)22)19(24)23-16-9-7-13-5-3-4-6-14(13)11-16/h3-12H,1-2H3,(H,23,24). The molecule has 0 aliphatic rings. The Morgan fingerprint density at radius 2 is 1.59 bits per heavy atom. The number of nitrogens with one attached hydrogen (secondary N) is 1. The molecule has 7 heteroatoms. The molecule has 27 heavy (non-hydrogen) atoms. The number of fused-ring (bicyclic) bond motifs is 1. The third-order valence-electron chi connectivity index (χ3n) is 4.41. The first-order valence-corrected chi connectivity index (χ1v) is 9.61. The highest BCUT2D eigenvalue weighted by molar-refractivity contribution is 7.93. The highest BCUT2D eigenvalue weighted by Gasteiger charge is 2.44. The minimum absolute atomic E-state index is 0.418. The number of halogens is 2. The molecule has 0 fully saturated rings. The summed E-state index contributed by atoms with van der Waals surface area (Å²) in [5.41, 5.74) is 0.418. The smallest absolute Gasteiger partial charge is 0.245 e. The van der Waals surface area contributed by atoms with E-state index >= 15 is 0 Å². The first kappa shape index (κ1) is 19.0. The van der Waals surface area contributed by atoms with E-state index in [1.165, 1.54) is 13.8 Å². The van der Waals surface area contributed by atoms with Gasteiger partial charge in [0.15, 0.2) is 9.84 Å². The van der Waals surface area contributed by atoms with Gasteiger partial charge < -0.3 is 5.32 Å². The van der Waals surface area contributed by atoms with E-state index in [2.05, 4.69) is 5.32 Å². The maximum atomic E-state index is 14.0. The van der Waals surface area contributed by atoms with E-state index in [4.69, 9.17) is 0 Å². The molecule has 0 spiro atoms. The van der Waals surface area contributed by atoms with Crippen LogP contribution in [-0.2, 0) is 14.6 Å². The second-order valence-electron chi connectivity index (χ2n) is 6.60. The molecule has 0 aliphatic carbocycles. The molecule has 3 aromatic rings. The summed E-state index contributed by atoms with van der Waals surface area (Å²) < 4.78 is 50.7. The number of hydrogen-bond donors (Lipinski definition) is 1. The number of hydrogen-bond acceptors (Lipinski definition) is 3. The van der Waals surface area contributed by atoms with Gasteiger partial charge in [-0.05, 0) is 48.9 Å². The number of benzene rings is 3. The summed E-state index contributed by atoms with van der Waals surface area (Å²) in [6, 6.07) is 14.8. The van der Waals surface area contributed by atoms with Crippen LogP contribution in [0.25, 0.3) is 10.8 Å². The summed E-state index contributed by atoms with van der Waals surface area (Å²) in [4.78, 5) is 12.0. The van der Waals surface area contributed by atoms with Gasteiger partial charge in [0, 0.05) is 11.8 Å². The van der Waals surface area contributed by atoms with Crippen LogP contribution in [-0.4, -0.2) is 19.1 Å². The monoisotopic (exact) mass is 389 g/mol. The molecule has 3 rings (SSSR count). The summed E-state index contributed by atoms with van der Waals surface area (Å²) in [5, 5.41) is 4.41. The van der Waals surface area contributed by atoms with Crippen LogP contribution in [0.3, 0.4) is 0 Å². The first-order chi connectivity index (χ1) is 12.6. The molecular formula is C20H17F2NO3S. The van der Waals surface area contributed by atoms with Crippen molar-refractivity contribution in [1.29, 1.82) is 0 Å². The summed E-state index contributed by atoms with van der Waals surface area (Å²) in [5.74, 6) is -2.95. The maximum absolute atomic E-state index is 14.0. The van der Waals surface area contributed by atoms with Gasteiger partial charge in [-0.3, -0.25) is 4.79 Å². The summed E-state index contributed by atoms with van der Waals surface area (Å²) >= 11 is 0. The third kappa shape index (κ3) is 3.42. The van der Waals surface area contributed by atoms with Crippen molar-refractivity contribution in [2.24, 2.45) is 0 Å². The number of sulfone groups is 1.